The number of thiazole rings is 1. The third-order valence-electron chi connectivity index (χ3n) is 3.84. The summed E-state index contributed by atoms with van der Waals surface area (Å²) in [5.74, 6) is -0.0693. The van der Waals surface area contributed by atoms with Crippen LogP contribution in [0.2, 0.25) is 5.28 Å². The molecular weight excluding hydrogens is 414 g/mol. The van der Waals surface area contributed by atoms with Gasteiger partial charge in [0.15, 0.2) is 5.13 Å². The van der Waals surface area contributed by atoms with Gasteiger partial charge in [-0.15, -0.1) is 11.3 Å². The van der Waals surface area contributed by atoms with Gasteiger partial charge < -0.3 is 11.1 Å². The molecule has 0 radical (unpaired) electrons. The van der Waals surface area contributed by atoms with E-state index in [1.165, 1.54) is 11.3 Å². The number of nitrogens with two attached hydrogens (primary N) is 1. The minimum absolute atomic E-state index is 0.0693. The predicted molar refractivity (Wildman–Crippen MR) is 115 cm³/mol. The number of aromatic nitrogens is 3. The fourth-order valence-electron chi connectivity index (χ4n) is 2.69. The highest BCUT2D eigenvalue weighted by Crippen LogP contribution is 2.37. The molecule has 0 saturated heterocycles. The number of anilines is 2. The van der Waals surface area contributed by atoms with Crippen molar-refractivity contribution in [2.24, 2.45) is 0 Å². The highest BCUT2D eigenvalue weighted by molar-refractivity contribution is 7.19. The van der Waals surface area contributed by atoms with Crippen molar-refractivity contribution in [2.45, 2.75) is 6.42 Å². The topological polar surface area (TPSA) is 93.8 Å². The van der Waals surface area contributed by atoms with Crippen molar-refractivity contribution in [1.82, 2.24) is 15.0 Å². The van der Waals surface area contributed by atoms with Crippen molar-refractivity contribution in [2.75, 3.05) is 11.1 Å². The second kappa shape index (κ2) is 8.05. The summed E-state index contributed by atoms with van der Waals surface area (Å²) in [6, 6.07) is 13.1. The number of nitrogen functional groups attached to an aromatic ring is 1. The molecule has 0 aliphatic rings. The highest BCUT2D eigenvalue weighted by Gasteiger charge is 2.16. The summed E-state index contributed by atoms with van der Waals surface area (Å²) in [5, 5.41) is 5.47. The molecular formula is C19H14ClN5OS2. The molecule has 0 atom stereocenters. The number of halogens is 1. The number of carbonyl (C=O) groups is 1. The Bertz CT molecular complexity index is 1130. The van der Waals surface area contributed by atoms with E-state index in [1.54, 1.807) is 23.6 Å². The van der Waals surface area contributed by atoms with E-state index in [9.17, 15) is 4.79 Å². The number of rotatable bonds is 5. The largest absolute Gasteiger partial charge is 0.375 e. The van der Waals surface area contributed by atoms with Gasteiger partial charge in [-0.05, 0) is 41.2 Å². The first-order valence-electron chi connectivity index (χ1n) is 8.26. The zero-order valence-electron chi connectivity index (χ0n) is 14.4. The molecule has 4 aromatic rings. The fourth-order valence-corrected chi connectivity index (χ4v) is 4.36. The van der Waals surface area contributed by atoms with Crippen LogP contribution in [0.1, 0.15) is 4.88 Å². The van der Waals surface area contributed by atoms with E-state index in [0.717, 1.165) is 15.3 Å². The number of benzene rings is 1. The Balaban J connectivity index is 1.62. The molecule has 4 rings (SSSR count). The van der Waals surface area contributed by atoms with Crippen LogP contribution in [0.4, 0.5) is 10.8 Å². The zero-order valence-corrected chi connectivity index (χ0v) is 16.8. The monoisotopic (exact) mass is 427 g/mol. The zero-order chi connectivity index (χ0) is 19.5. The molecule has 9 heteroatoms. The Morgan fingerprint density at radius 2 is 2.07 bits per heavy atom. The average Bonchev–Trinajstić information content (AvgIpc) is 3.31. The number of hydrogen-bond acceptors (Lipinski definition) is 7. The Labute approximate surface area is 174 Å². The maximum atomic E-state index is 12.3. The van der Waals surface area contributed by atoms with E-state index in [2.05, 4.69) is 20.3 Å². The van der Waals surface area contributed by atoms with Crippen LogP contribution < -0.4 is 11.1 Å². The van der Waals surface area contributed by atoms with Crippen molar-refractivity contribution in [3.8, 4) is 21.8 Å². The van der Waals surface area contributed by atoms with Gasteiger partial charge >= 0.3 is 0 Å². The van der Waals surface area contributed by atoms with Crippen molar-refractivity contribution in [3.63, 3.8) is 0 Å². The van der Waals surface area contributed by atoms with Gasteiger partial charge in [-0.25, -0.2) is 15.0 Å². The molecule has 0 saturated carbocycles. The Hall–Kier alpha value is -2.81. The van der Waals surface area contributed by atoms with Crippen LogP contribution in [0.3, 0.4) is 0 Å². The Morgan fingerprint density at radius 3 is 2.86 bits per heavy atom. The second-order valence-corrected chi connectivity index (χ2v) is 8.23. The summed E-state index contributed by atoms with van der Waals surface area (Å²) in [4.78, 5) is 26.7. The molecule has 28 heavy (non-hydrogen) atoms. The summed E-state index contributed by atoms with van der Waals surface area (Å²) in [7, 11) is 0. The third-order valence-corrected chi connectivity index (χ3v) is 5.80. The quantitative estimate of drug-likeness (QED) is 0.448. The lowest BCUT2D eigenvalue weighted by molar-refractivity contribution is -0.115. The van der Waals surface area contributed by atoms with Gasteiger partial charge in [-0.1, -0.05) is 29.5 Å². The number of amides is 1. The standard InChI is InChI=1S/C19H14ClN5OS2/c20-18-22-7-6-14(24-18)17-16(25-19(21)28-17)11-3-1-4-12(9-11)23-15(26)10-13-5-2-8-27-13/h1-9H,10H2,(H2,21,25)(H,23,26). The molecule has 0 bridgehead atoms. The van der Waals surface area contributed by atoms with Gasteiger partial charge in [0.05, 0.1) is 22.7 Å². The molecule has 3 N–H and O–H groups in total. The molecule has 140 valence electrons. The van der Waals surface area contributed by atoms with Crippen LogP contribution in [-0.2, 0) is 11.2 Å². The van der Waals surface area contributed by atoms with Crippen LogP contribution in [0, 0.1) is 0 Å². The average molecular weight is 428 g/mol. The normalized spacial score (nSPS) is 10.8. The first kappa shape index (κ1) is 18.5. The number of nitrogens with zero attached hydrogens (tertiary/aromatic N) is 3. The number of carbonyl (C=O) groups excluding carboxylic acids is 1. The summed E-state index contributed by atoms with van der Waals surface area (Å²) < 4.78 is 0. The van der Waals surface area contributed by atoms with E-state index in [-0.39, 0.29) is 11.2 Å². The van der Waals surface area contributed by atoms with Crippen molar-refractivity contribution in [1.29, 1.82) is 0 Å². The molecule has 3 heterocycles. The summed E-state index contributed by atoms with van der Waals surface area (Å²) >= 11 is 8.81. The lowest BCUT2D eigenvalue weighted by Gasteiger charge is -2.07. The minimum atomic E-state index is -0.0693. The van der Waals surface area contributed by atoms with Crippen LogP contribution in [-0.4, -0.2) is 20.9 Å². The molecule has 0 unspecified atom stereocenters. The summed E-state index contributed by atoms with van der Waals surface area (Å²) in [5.41, 5.74) is 8.80. The van der Waals surface area contributed by atoms with E-state index in [0.29, 0.717) is 28.6 Å². The van der Waals surface area contributed by atoms with Crippen LogP contribution in [0.5, 0.6) is 0 Å². The van der Waals surface area contributed by atoms with Crippen molar-refractivity contribution >= 4 is 51.0 Å². The molecule has 3 aromatic heterocycles. The number of nitrogens with one attached hydrogen (secondary N) is 1. The van der Waals surface area contributed by atoms with Gasteiger partial charge in [0.2, 0.25) is 11.2 Å². The Kier molecular flexibility index (Phi) is 5.34. The lowest BCUT2D eigenvalue weighted by Crippen LogP contribution is -2.13. The second-order valence-electron chi connectivity index (χ2n) is 5.83. The maximum absolute atomic E-state index is 12.3. The molecule has 0 aliphatic heterocycles. The minimum Gasteiger partial charge on any atom is -0.375 e. The smallest absolute Gasteiger partial charge is 0.229 e. The molecule has 0 spiro atoms. The number of thiophene rings is 1. The third kappa shape index (κ3) is 4.19. The first-order chi connectivity index (χ1) is 13.6. The van der Waals surface area contributed by atoms with E-state index in [1.807, 2.05) is 41.8 Å². The van der Waals surface area contributed by atoms with Gasteiger partial charge in [-0.3, -0.25) is 4.79 Å². The van der Waals surface area contributed by atoms with Crippen LogP contribution in [0.25, 0.3) is 21.8 Å². The maximum Gasteiger partial charge on any atom is 0.229 e. The fraction of sp³-hybridized carbons (Fsp3) is 0.0526. The first-order valence-corrected chi connectivity index (χ1v) is 10.3. The van der Waals surface area contributed by atoms with Crippen molar-refractivity contribution in [3.05, 3.63) is 64.2 Å². The van der Waals surface area contributed by atoms with Gasteiger partial charge in [0, 0.05) is 22.3 Å². The van der Waals surface area contributed by atoms with Crippen LogP contribution >= 0.6 is 34.3 Å². The van der Waals surface area contributed by atoms with E-state index >= 15 is 0 Å². The molecule has 0 fully saturated rings. The van der Waals surface area contributed by atoms with Gasteiger partial charge in [0.1, 0.15) is 0 Å². The van der Waals surface area contributed by atoms with Crippen LogP contribution in [0.15, 0.2) is 54.0 Å². The van der Waals surface area contributed by atoms with E-state index < -0.39 is 0 Å². The van der Waals surface area contributed by atoms with Crippen molar-refractivity contribution < 1.29 is 4.79 Å². The molecule has 0 aliphatic carbocycles. The predicted octanol–water partition coefficient (Wildman–Crippen LogP) is 4.75. The molecule has 1 amide bonds. The molecule has 6 nitrogen and oxygen atoms in total. The number of hydrogen-bond donors (Lipinski definition) is 2. The van der Waals surface area contributed by atoms with E-state index in [4.69, 9.17) is 17.3 Å². The van der Waals surface area contributed by atoms with Gasteiger partial charge in [-0.2, -0.15) is 0 Å². The lowest BCUT2D eigenvalue weighted by atomic mass is 10.1. The molecule has 1 aromatic carbocycles. The summed E-state index contributed by atoms with van der Waals surface area (Å²) in [6.45, 7) is 0. The SMILES string of the molecule is Nc1nc(-c2cccc(NC(=O)Cc3cccs3)c2)c(-c2ccnc(Cl)n2)s1. The Morgan fingerprint density at radius 1 is 1.18 bits per heavy atom. The van der Waals surface area contributed by atoms with Gasteiger partial charge in [0.25, 0.3) is 0 Å². The highest BCUT2D eigenvalue weighted by atomic mass is 35.5. The summed E-state index contributed by atoms with van der Waals surface area (Å²) in [6.07, 6.45) is 1.93.